The molecule has 1 unspecified atom stereocenters. The number of unbranched alkanes of at least 4 members (excludes halogenated alkanes) is 5. The second-order valence-electron chi connectivity index (χ2n) is 8.89. The van der Waals surface area contributed by atoms with Gasteiger partial charge in [-0.25, -0.2) is 9.59 Å². The second-order valence-corrected chi connectivity index (χ2v) is 8.89. The maximum absolute atomic E-state index is 13.0. The number of carbonyl (C=O) groups is 2. The molecule has 186 valence electrons. The van der Waals surface area contributed by atoms with E-state index in [1.165, 1.54) is 26.4 Å². The highest BCUT2D eigenvalue weighted by molar-refractivity contribution is 5.96. The minimum atomic E-state index is -0.910. The zero-order chi connectivity index (χ0) is 24.9. The van der Waals surface area contributed by atoms with Gasteiger partial charge in [0.1, 0.15) is 23.7 Å². The van der Waals surface area contributed by atoms with Crippen LogP contribution in [-0.2, 0) is 25.4 Å². The zero-order valence-electron chi connectivity index (χ0n) is 20.4. The molecule has 8 heteroatoms. The third-order valence-corrected chi connectivity index (χ3v) is 6.44. The van der Waals surface area contributed by atoms with Gasteiger partial charge in [0.05, 0.1) is 35.4 Å². The van der Waals surface area contributed by atoms with Crippen LogP contribution in [0.5, 0.6) is 0 Å². The fourth-order valence-electron chi connectivity index (χ4n) is 4.69. The molecular formula is C27H31NO7. The van der Waals surface area contributed by atoms with Gasteiger partial charge in [-0.15, -0.1) is 0 Å². The molecule has 0 radical (unpaired) electrons. The van der Waals surface area contributed by atoms with Crippen LogP contribution in [0.25, 0.3) is 11.0 Å². The number of dihydropyridines is 1. The first kappa shape index (κ1) is 24.6. The number of esters is 1. The van der Waals surface area contributed by atoms with E-state index in [1.54, 1.807) is 31.2 Å². The highest BCUT2D eigenvalue weighted by atomic mass is 16.7. The number of benzene rings is 1. The summed E-state index contributed by atoms with van der Waals surface area (Å²) in [5.41, 5.74) is 2.24. The van der Waals surface area contributed by atoms with Crippen molar-refractivity contribution in [2.45, 2.75) is 64.7 Å². The van der Waals surface area contributed by atoms with Gasteiger partial charge in [-0.05, 0) is 19.4 Å². The topological polar surface area (TPSA) is 104 Å². The fraction of sp³-hybridized carbons (Fsp3) is 0.444. The Kier molecular flexibility index (Phi) is 7.58. The normalized spacial score (nSPS) is 17.3. The average molecular weight is 482 g/mol. The molecule has 0 saturated carbocycles. The SMILES string of the molecule is CCCCCCCCc1cc(=O)c2cccc(C3C(OC(=O)OC)=C(C)NC4=C3C(=O)OC4)c2o1. The largest absolute Gasteiger partial charge is 0.513 e. The number of methoxy groups -OCH3 is 1. The van der Waals surface area contributed by atoms with E-state index in [2.05, 4.69) is 12.2 Å². The molecule has 4 rings (SSSR count). The first-order valence-electron chi connectivity index (χ1n) is 12.1. The first-order chi connectivity index (χ1) is 16.9. The van der Waals surface area contributed by atoms with Crippen molar-refractivity contribution >= 4 is 23.1 Å². The highest BCUT2D eigenvalue weighted by Crippen LogP contribution is 2.43. The number of hydrogen-bond donors (Lipinski definition) is 1. The van der Waals surface area contributed by atoms with Crippen LogP contribution in [-0.4, -0.2) is 25.8 Å². The standard InChI is InChI=1S/C27H31NO7/c1-4-5-6-7-8-9-11-17-14-21(29)18-12-10-13-19(25(18)34-17)22-23-20(15-33-26(23)30)28-16(2)24(22)35-27(31)32-3/h10,12-14,22,28H,4-9,11,15H2,1-3H3. The number of aryl methyl sites for hydroxylation is 1. The summed E-state index contributed by atoms with van der Waals surface area (Å²) >= 11 is 0. The molecule has 2 aromatic rings. The van der Waals surface area contributed by atoms with Crippen LogP contribution in [0.15, 0.2) is 56.2 Å². The molecule has 0 bridgehead atoms. The fourth-order valence-corrected chi connectivity index (χ4v) is 4.69. The van der Waals surface area contributed by atoms with Crippen LogP contribution in [0.2, 0.25) is 0 Å². The highest BCUT2D eigenvalue weighted by Gasteiger charge is 2.42. The number of ether oxygens (including phenoxy) is 3. The maximum Gasteiger partial charge on any atom is 0.513 e. The Hall–Kier alpha value is -3.55. The number of carbonyl (C=O) groups excluding carboxylic acids is 2. The van der Waals surface area contributed by atoms with Crippen molar-refractivity contribution in [3.05, 3.63) is 68.5 Å². The van der Waals surface area contributed by atoms with Crippen molar-refractivity contribution in [1.29, 1.82) is 0 Å². The van der Waals surface area contributed by atoms with Gasteiger partial charge in [-0.3, -0.25) is 4.79 Å². The van der Waals surface area contributed by atoms with Gasteiger partial charge in [0.25, 0.3) is 0 Å². The molecule has 0 saturated heterocycles. The Morgan fingerprint density at radius 3 is 2.69 bits per heavy atom. The molecule has 35 heavy (non-hydrogen) atoms. The first-order valence-corrected chi connectivity index (χ1v) is 12.1. The van der Waals surface area contributed by atoms with Crippen LogP contribution in [0.1, 0.15) is 69.6 Å². The maximum atomic E-state index is 13.0. The average Bonchev–Trinajstić information content (AvgIpc) is 3.21. The van der Waals surface area contributed by atoms with Crippen LogP contribution in [0.3, 0.4) is 0 Å². The van der Waals surface area contributed by atoms with Crippen LogP contribution in [0, 0.1) is 0 Å². The van der Waals surface area contributed by atoms with Crippen molar-refractivity contribution in [1.82, 2.24) is 5.32 Å². The lowest BCUT2D eigenvalue weighted by Crippen LogP contribution is -2.28. The Labute approximate surface area is 203 Å². The minimum Gasteiger partial charge on any atom is -0.460 e. The predicted octanol–water partition coefficient (Wildman–Crippen LogP) is 5.21. The number of cyclic esters (lactones) is 1. The summed E-state index contributed by atoms with van der Waals surface area (Å²) in [6.45, 7) is 4.01. The molecule has 2 aliphatic heterocycles. The van der Waals surface area contributed by atoms with Gasteiger partial charge in [0.15, 0.2) is 5.43 Å². The molecule has 2 aliphatic rings. The van der Waals surface area contributed by atoms with Crippen molar-refractivity contribution in [3.8, 4) is 0 Å². The minimum absolute atomic E-state index is 0.0888. The van der Waals surface area contributed by atoms with E-state index in [0.717, 1.165) is 19.3 Å². The Morgan fingerprint density at radius 2 is 1.91 bits per heavy atom. The molecule has 0 aliphatic carbocycles. The lowest BCUT2D eigenvalue weighted by Gasteiger charge is -2.27. The third-order valence-electron chi connectivity index (χ3n) is 6.44. The quantitative estimate of drug-likeness (QED) is 0.385. The molecule has 1 atom stereocenters. The summed E-state index contributed by atoms with van der Waals surface area (Å²) in [7, 11) is 1.21. The predicted molar refractivity (Wildman–Crippen MR) is 130 cm³/mol. The molecule has 0 amide bonds. The van der Waals surface area contributed by atoms with E-state index in [9.17, 15) is 14.4 Å². The van der Waals surface area contributed by atoms with E-state index < -0.39 is 18.0 Å². The van der Waals surface area contributed by atoms with Gasteiger partial charge >= 0.3 is 12.1 Å². The molecule has 8 nitrogen and oxygen atoms in total. The summed E-state index contributed by atoms with van der Waals surface area (Å²) in [5.74, 6) is -0.514. The monoisotopic (exact) mass is 481 g/mol. The number of para-hydroxylation sites is 1. The van der Waals surface area contributed by atoms with Crippen molar-refractivity contribution < 1.29 is 28.2 Å². The number of hydrogen-bond acceptors (Lipinski definition) is 8. The lowest BCUT2D eigenvalue weighted by atomic mass is 9.84. The van der Waals surface area contributed by atoms with E-state index in [1.807, 2.05) is 0 Å². The molecule has 1 aromatic heterocycles. The molecular weight excluding hydrogens is 450 g/mol. The van der Waals surface area contributed by atoms with E-state index in [-0.39, 0.29) is 17.8 Å². The van der Waals surface area contributed by atoms with Crippen molar-refractivity contribution in [3.63, 3.8) is 0 Å². The number of fused-ring (bicyclic) bond motifs is 1. The Morgan fingerprint density at radius 1 is 1.14 bits per heavy atom. The summed E-state index contributed by atoms with van der Waals surface area (Å²) < 4.78 is 21.7. The summed E-state index contributed by atoms with van der Waals surface area (Å²) in [5, 5.41) is 3.50. The molecule has 3 heterocycles. The van der Waals surface area contributed by atoms with Crippen LogP contribution < -0.4 is 10.7 Å². The third kappa shape index (κ3) is 5.11. The summed E-state index contributed by atoms with van der Waals surface area (Å²) in [6, 6.07) is 6.75. The molecule has 1 N–H and O–H groups in total. The Balaban J connectivity index is 1.75. The van der Waals surface area contributed by atoms with Gasteiger partial charge in [0.2, 0.25) is 0 Å². The van der Waals surface area contributed by atoms with Crippen molar-refractivity contribution in [2.75, 3.05) is 13.7 Å². The lowest BCUT2D eigenvalue weighted by molar-refractivity contribution is -0.136. The van der Waals surface area contributed by atoms with Gasteiger partial charge in [0, 0.05) is 18.1 Å². The summed E-state index contributed by atoms with van der Waals surface area (Å²) in [6.07, 6.45) is 6.52. The van der Waals surface area contributed by atoms with Gasteiger partial charge < -0.3 is 23.9 Å². The molecule has 0 spiro atoms. The van der Waals surface area contributed by atoms with Gasteiger partial charge in [-0.2, -0.15) is 0 Å². The smallest absolute Gasteiger partial charge is 0.460 e. The van der Waals surface area contributed by atoms with Crippen LogP contribution >= 0.6 is 0 Å². The summed E-state index contributed by atoms with van der Waals surface area (Å²) in [4.78, 5) is 37.7. The zero-order valence-corrected chi connectivity index (χ0v) is 20.4. The number of nitrogens with one attached hydrogen (secondary N) is 1. The Bertz CT molecular complexity index is 1250. The second kappa shape index (κ2) is 10.8. The van der Waals surface area contributed by atoms with E-state index >= 15 is 0 Å². The molecule has 1 aromatic carbocycles. The van der Waals surface area contributed by atoms with E-state index in [0.29, 0.717) is 45.7 Å². The van der Waals surface area contributed by atoms with E-state index in [4.69, 9.17) is 18.6 Å². The number of rotatable bonds is 9. The molecule has 0 fully saturated rings. The van der Waals surface area contributed by atoms with Gasteiger partial charge in [-0.1, -0.05) is 51.2 Å². The van der Waals surface area contributed by atoms with Crippen molar-refractivity contribution in [2.24, 2.45) is 0 Å². The number of allylic oxidation sites excluding steroid dienone is 2. The van der Waals surface area contributed by atoms with Crippen LogP contribution in [0.4, 0.5) is 4.79 Å².